The van der Waals surface area contributed by atoms with E-state index in [-0.39, 0.29) is 43.0 Å². The molecule has 7 nitrogen and oxygen atoms in total. The Morgan fingerprint density at radius 2 is 2.22 bits per heavy atom. The first-order chi connectivity index (χ1) is 8.52. The molecule has 0 aromatic heterocycles. The molecule has 1 aliphatic rings. The summed E-state index contributed by atoms with van der Waals surface area (Å²) >= 11 is 0. The topological polar surface area (TPSA) is 96.9 Å². The molecule has 0 aliphatic carbocycles. The summed E-state index contributed by atoms with van der Waals surface area (Å²) in [6.45, 7) is 3.47. The van der Waals surface area contributed by atoms with E-state index < -0.39 is 5.97 Å². The van der Waals surface area contributed by atoms with Crippen LogP contribution in [0.4, 0.5) is 0 Å². The lowest BCUT2D eigenvalue weighted by Gasteiger charge is -2.13. The molecule has 7 heteroatoms. The van der Waals surface area contributed by atoms with Gasteiger partial charge in [-0.1, -0.05) is 6.92 Å². The normalized spacial score (nSPS) is 16.3. The molecule has 18 heavy (non-hydrogen) atoms. The van der Waals surface area contributed by atoms with Gasteiger partial charge in [0.25, 0.3) is 5.91 Å². The van der Waals surface area contributed by atoms with Gasteiger partial charge in [0.05, 0.1) is 0 Å². The van der Waals surface area contributed by atoms with Crippen LogP contribution in [0.15, 0.2) is 5.10 Å². The van der Waals surface area contributed by atoms with Crippen molar-refractivity contribution < 1.29 is 19.1 Å². The van der Waals surface area contributed by atoms with Gasteiger partial charge in [-0.2, -0.15) is 5.10 Å². The molecule has 2 N–H and O–H groups in total. The van der Waals surface area contributed by atoms with Crippen LogP contribution in [-0.2, 0) is 19.1 Å². The van der Waals surface area contributed by atoms with Crippen molar-refractivity contribution in [3.05, 3.63) is 0 Å². The Morgan fingerprint density at radius 3 is 2.78 bits per heavy atom. The molecular formula is C11H17N3O4. The van der Waals surface area contributed by atoms with Crippen molar-refractivity contribution in [1.29, 1.82) is 0 Å². The minimum atomic E-state index is -0.672. The number of carbonyl (C=O) groups is 3. The van der Waals surface area contributed by atoms with Crippen molar-refractivity contribution in [2.75, 3.05) is 6.61 Å². The number of nitrogens with zero attached hydrogens (tertiary/aromatic N) is 1. The number of ether oxygens (including phenoxy) is 1. The van der Waals surface area contributed by atoms with Crippen LogP contribution in [0, 0.1) is 0 Å². The highest BCUT2D eigenvalue weighted by atomic mass is 16.5. The average Bonchev–Trinajstić information content (AvgIpc) is 2.36. The first-order valence-electron chi connectivity index (χ1n) is 5.84. The zero-order chi connectivity index (χ0) is 13.5. The second kappa shape index (κ2) is 6.73. The lowest BCUT2D eigenvalue weighted by Crippen LogP contribution is -2.37. The highest BCUT2D eigenvalue weighted by molar-refractivity contribution is 6.37. The van der Waals surface area contributed by atoms with E-state index in [9.17, 15) is 14.4 Å². The van der Waals surface area contributed by atoms with Crippen LogP contribution in [0.1, 0.15) is 33.1 Å². The van der Waals surface area contributed by atoms with Gasteiger partial charge < -0.3 is 10.1 Å². The SMILES string of the molecule is CC[C@H](C)NC(=O)COC(=O)C1=NNC(=O)CC1. The maximum absolute atomic E-state index is 11.5. The van der Waals surface area contributed by atoms with Crippen molar-refractivity contribution in [3.63, 3.8) is 0 Å². The monoisotopic (exact) mass is 255 g/mol. The molecule has 0 unspecified atom stereocenters. The Kier molecular flexibility index (Phi) is 5.29. The standard InChI is InChI=1S/C11H17N3O4/c1-3-7(2)12-10(16)6-18-11(17)8-4-5-9(15)14-13-8/h7H,3-6H2,1-2H3,(H,12,16)(H,14,15)/t7-/m0/s1. The zero-order valence-corrected chi connectivity index (χ0v) is 10.5. The Labute approximate surface area is 105 Å². The van der Waals surface area contributed by atoms with E-state index in [2.05, 4.69) is 15.8 Å². The third-order valence-electron chi connectivity index (χ3n) is 2.49. The molecule has 0 spiro atoms. The summed E-state index contributed by atoms with van der Waals surface area (Å²) in [6, 6.07) is 0.0440. The molecule has 0 fully saturated rings. The lowest BCUT2D eigenvalue weighted by molar-refractivity contribution is -0.142. The van der Waals surface area contributed by atoms with Gasteiger partial charge in [-0.3, -0.25) is 9.59 Å². The maximum Gasteiger partial charge on any atom is 0.355 e. The van der Waals surface area contributed by atoms with Crippen molar-refractivity contribution in [3.8, 4) is 0 Å². The summed E-state index contributed by atoms with van der Waals surface area (Å²) in [5.41, 5.74) is 2.32. The molecule has 1 heterocycles. The maximum atomic E-state index is 11.5. The molecule has 0 radical (unpaired) electrons. The van der Waals surface area contributed by atoms with Crippen LogP contribution in [0.25, 0.3) is 0 Å². The first-order valence-corrected chi connectivity index (χ1v) is 5.84. The highest BCUT2D eigenvalue weighted by Crippen LogP contribution is 2.01. The van der Waals surface area contributed by atoms with E-state index in [4.69, 9.17) is 4.74 Å². The number of nitrogens with one attached hydrogen (secondary N) is 2. The fourth-order valence-corrected chi connectivity index (χ4v) is 1.25. The van der Waals surface area contributed by atoms with Gasteiger partial charge in [0, 0.05) is 18.9 Å². The Balaban J connectivity index is 2.33. The minimum Gasteiger partial charge on any atom is -0.451 e. The van der Waals surface area contributed by atoms with Crippen LogP contribution in [0.5, 0.6) is 0 Å². The van der Waals surface area contributed by atoms with E-state index in [1.165, 1.54) is 0 Å². The molecule has 0 saturated heterocycles. The largest absolute Gasteiger partial charge is 0.451 e. The highest BCUT2D eigenvalue weighted by Gasteiger charge is 2.20. The second-order valence-corrected chi connectivity index (χ2v) is 4.05. The summed E-state index contributed by atoms with van der Waals surface area (Å²) in [5.74, 6) is -1.26. The van der Waals surface area contributed by atoms with E-state index in [0.29, 0.717) is 0 Å². The van der Waals surface area contributed by atoms with Gasteiger partial charge in [-0.05, 0) is 13.3 Å². The van der Waals surface area contributed by atoms with E-state index >= 15 is 0 Å². The molecule has 0 saturated carbocycles. The molecule has 0 aromatic rings. The van der Waals surface area contributed by atoms with Gasteiger partial charge in [0.2, 0.25) is 5.91 Å². The molecule has 1 atom stereocenters. The van der Waals surface area contributed by atoms with Crippen LogP contribution in [0.3, 0.4) is 0 Å². The fraction of sp³-hybridized carbons (Fsp3) is 0.636. The van der Waals surface area contributed by atoms with Crippen molar-refractivity contribution in [1.82, 2.24) is 10.7 Å². The van der Waals surface area contributed by atoms with Gasteiger partial charge in [0.15, 0.2) is 6.61 Å². The van der Waals surface area contributed by atoms with Gasteiger partial charge >= 0.3 is 5.97 Å². The third-order valence-corrected chi connectivity index (χ3v) is 2.49. The Bertz CT molecular complexity index is 378. The Hall–Kier alpha value is -1.92. The van der Waals surface area contributed by atoms with E-state index in [1.807, 2.05) is 13.8 Å². The number of esters is 1. The number of amides is 2. The van der Waals surface area contributed by atoms with Gasteiger partial charge in [-0.15, -0.1) is 0 Å². The quantitative estimate of drug-likeness (QED) is 0.660. The molecule has 0 bridgehead atoms. The fourth-order valence-electron chi connectivity index (χ4n) is 1.25. The summed E-state index contributed by atoms with van der Waals surface area (Å²) in [7, 11) is 0. The predicted molar refractivity (Wildman–Crippen MR) is 63.7 cm³/mol. The third kappa shape index (κ3) is 4.52. The number of carbonyl (C=O) groups excluding carboxylic acids is 3. The van der Waals surface area contributed by atoms with Crippen molar-refractivity contribution in [2.45, 2.75) is 39.2 Å². The van der Waals surface area contributed by atoms with Crippen LogP contribution < -0.4 is 10.7 Å². The minimum absolute atomic E-state index is 0.0440. The number of hydrazone groups is 1. The predicted octanol–water partition coefficient (Wildman–Crippen LogP) is -0.290. The first kappa shape index (κ1) is 14.1. The lowest BCUT2D eigenvalue weighted by atomic mass is 10.2. The molecule has 100 valence electrons. The van der Waals surface area contributed by atoms with E-state index in [0.717, 1.165) is 6.42 Å². The van der Waals surface area contributed by atoms with Crippen molar-refractivity contribution >= 4 is 23.5 Å². The summed E-state index contributed by atoms with van der Waals surface area (Å²) in [4.78, 5) is 33.7. The number of hydrogen-bond donors (Lipinski definition) is 2. The number of rotatable bonds is 5. The molecule has 1 rings (SSSR count). The Morgan fingerprint density at radius 1 is 1.50 bits per heavy atom. The summed E-state index contributed by atoms with van der Waals surface area (Å²) in [6.07, 6.45) is 1.24. The summed E-state index contributed by atoms with van der Waals surface area (Å²) in [5, 5.41) is 6.25. The molecular weight excluding hydrogens is 238 g/mol. The van der Waals surface area contributed by atoms with Crippen LogP contribution >= 0.6 is 0 Å². The molecule has 0 aromatic carbocycles. The number of hydrogen-bond acceptors (Lipinski definition) is 5. The molecule has 1 aliphatic heterocycles. The van der Waals surface area contributed by atoms with Crippen LogP contribution in [-0.4, -0.2) is 36.1 Å². The average molecular weight is 255 g/mol. The smallest absolute Gasteiger partial charge is 0.355 e. The van der Waals surface area contributed by atoms with Gasteiger partial charge in [0.1, 0.15) is 5.71 Å². The van der Waals surface area contributed by atoms with Crippen LogP contribution in [0.2, 0.25) is 0 Å². The second-order valence-electron chi connectivity index (χ2n) is 4.05. The van der Waals surface area contributed by atoms with E-state index in [1.54, 1.807) is 0 Å². The summed E-state index contributed by atoms with van der Waals surface area (Å²) < 4.78 is 4.79. The zero-order valence-electron chi connectivity index (χ0n) is 10.5. The van der Waals surface area contributed by atoms with Gasteiger partial charge in [-0.25, -0.2) is 10.2 Å². The van der Waals surface area contributed by atoms with Crippen molar-refractivity contribution in [2.24, 2.45) is 5.10 Å². The molecule has 2 amide bonds.